The van der Waals surface area contributed by atoms with E-state index in [1.54, 1.807) is 25.3 Å². The first-order chi connectivity index (χ1) is 17.8. The first kappa shape index (κ1) is 23.2. The van der Waals surface area contributed by atoms with Gasteiger partial charge in [-0.05, 0) is 61.4 Å². The van der Waals surface area contributed by atoms with Crippen LogP contribution in [0.15, 0.2) is 66.2 Å². The number of anilines is 1. The third kappa shape index (κ3) is 3.84. The molecule has 3 aromatic carbocycles. The normalized spacial score (nSPS) is 20.4. The van der Waals surface area contributed by atoms with Gasteiger partial charge in [0, 0.05) is 12.0 Å². The van der Waals surface area contributed by atoms with Crippen molar-refractivity contribution in [1.29, 1.82) is 0 Å². The molecule has 1 amide bonds. The molecule has 1 fully saturated rings. The Bertz CT molecular complexity index is 1600. The minimum absolute atomic E-state index is 0.0394. The summed E-state index contributed by atoms with van der Waals surface area (Å²) in [4.78, 5) is 33.0. The van der Waals surface area contributed by atoms with Gasteiger partial charge in [0.15, 0.2) is 5.13 Å². The van der Waals surface area contributed by atoms with Gasteiger partial charge in [0.2, 0.25) is 0 Å². The van der Waals surface area contributed by atoms with E-state index in [1.807, 2.05) is 56.3 Å². The average molecular weight is 513 g/mol. The highest BCUT2D eigenvalue weighted by atomic mass is 32.1. The van der Waals surface area contributed by atoms with Crippen LogP contribution >= 0.6 is 11.3 Å². The summed E-state index contributed by atoms with van der Waals surface area (Å²) in [6.45, 7) is 3.95. The van der Waals surface area contributed by atoms with Crippen molar-refractivity contribution in [2.45, 2.75) is 32.4 Å². The van der Waals surface area contributed by atoms with Crippen LogP contribution in [0.1, 0.15) is 35.2 Å². The molecule has 3 heterocycles. The van der Waals surface area contributed by atoms with E-state index in [2.05, 4.69) is 4.98 Å². The number of thiazole rings is 1. The second kappa shape index (κ2) is 8.74. The Balaban J connectivity index is 1.52. The zero-order chi connectivity index (χ0) is 25.8. The van der Waals surface area contributed by atoms with E-state index < -0.39 is 17.7 Å². The number of Topliss-reactive ketones (excluding diaryl/α,β-unsaturated/α-hetero) is 1. The lowest BCUT2D eigenvalue weighted by atomic mass is 9.94. The molecule has 1 N–H and O–H groups in total. The van der Waals surface area contributed by atoms with Crippen molar-refractivity contribution in [1.82, 2.24) is 4.98 Å². The molecule has 7 nitrogen and oxygen atoms in total. The first-order valence-electron chi connectivity index (χ1n) is 12.0. The summed E-state index contributed by atoms with van der Waals surface area (Å²) in [7, 11) is 1.59. The third-order valence-corrected chi connectivity index (χ3v) is 7.81. The minimum atomic E-state index is -0.827. The summed E-state index contributed by atoms with van der Waals surface area (Å²) >= 11 is 1.30. The topological polar surface area (TPSA) is 89.0 Å². The molecule has 2 aliphatic heterocycles. The summed E-state index contributed by atoms with van der Waals surface area (Å²) in [5.41, 5.74) is 3.91. The fourth-order valence-corrected chi connectivity index (χ4v) is 5.96. The molecule has 4 aromatic rings. The summed E-state index contributed by atoms with van der Waals surface area (Å²) in [5, 5.41) is 11.9. The van der Waals surface area contributed by atoms with Gasteiger partial charge in [-0.25, -0.2) is 4.98 Å². The fourth-order valence-electron chi connectivity index (χ4n) is 4.94. The first-order valence-corrected chi connectivity index (χ1v) is 12.8. The van der Waals surface area contributed by atoms with Crippen molar-refractivity contribution < 1.29 is 24.2 Å². The standard InChI is InChI=1S/C29H24N2O5S/c1-15-4-6-17(7-5-15)25-24(26(32)18-8-11-22-19(13-18)12-16(2)36-22)27(33)28(34)31(25)29-30-21-10-9-20(35-3)14-23(21)37-29/h4-11,13-14,16,25,32H,12H2,1-3H3/b26-24-. The maximum atomic E-state index is 13.5. The number of aliphatic hydroxyl groups excluding tert-OH is 1. The van der Waals surface area contributed by atoms with Gasteiger partial charge < -0.3 is 14.6 Å². The number of fused-ring (bicyclic) bond motifs is 2. The molecule has 0 aliphatic carbocycles. The van der Waals surface area contributed by atoms with Crippen LogP contribution in [-0.4, -0.2) is 35.0 Å². The lowest BCUT2D eigenvalue weighted by Crippen LogP contribution is -2.29. The molecule has 8 heteroatoms. The van der Waals surface area contributed by atoms with Gasteiger partial charge in [-0.1, -0.05) is 41.2 Å². The Hall–Kier alpha value is -4.17. The second-order valence-corrected chi connectivity index (χ2v) is 10.4. The van der Waals surface area contributed by atoms with Gasteiger partial charge in [0.1, 0.15) is 23.4 Å². The molecule has 37 heavy (non-hydrogen) atoms. The maximum absolute atomic E-state index is 13.5. The lowest BCUT2D eigenvalue weighted by Gasteiger charge is -2.23. The predicted octanol–water partition coefficient (Wildman–Crippen LogP) is 5.56. The number of rotatable bonds is 4. The van der Waals surface area contributed by atoms with Crippen LogP contribution in [0.25, 0.3) is 16.0 Å². The van der Waals surface area contributed by atoms with E-state index in [1.165, 1.54) is 16.2 Å². The molecule has 6 rings (SSSR count). The summed E-state index contributed by atoms with van der Waals surface area (Å²) in [6, 6.07) is 17.6. The monoisotopic (exact) mass is 512 g/mol. The number of ketones is 1. The van der Waals surface area contributed by atoms with Crippen molar-refractivity contribution in [3.63, 3.8) is 0 Å². The number of methoxy groups -OCH3 is 1. The number of aromatic nitrogens is 1. The van der Waals surface area contributed by atoms with Crippen LogP contribution in [0.4, 0.5) is 5.13 Å². The highest BCUT2D eigenvalue weighted by Gasteiger charge is 2.48. The third-order valence-electron chi connectivity index (χ3n) is 6.80. The van der Waals surface area contributed by atoms with Crippen LogP contribution < -0.4 is 14.4 Å². The Morgan fingerprint density at radius 1 is 1.11 bits per heavy atom. The summed E-state index contributed by atoms with van der Waals surface area (Å²) < 4.78 is 11.9. The number of amides is 1. The quantitative estimate of drug-likeness (QED) is 0.219. The maximum Gasteiger partial charge on any atom is 0.301 e. The largest absolute Gasteiger partial charge is 0.507 e. The molecule has 0 bridgehead atoms. The lowest BCUT2D eigenvalue weighted by molar-refractivity contribution is -0.132. The zero-order valence-corrected chi connectivity index (χ0v) is 21.3. The van der Waals surface area contributed by atoms with Gasteiger partial charge in [0.05, 0.1) is 28.9 Å². The van der Waals surface area contributed by atoms with E-state index in [9.17, 15) is 14.7 Å². The van der Waals surface area contributed by atoms with Crippen molar-refractivity contribution in [3.05, 3.63) is 88.5 Å². The van der Waals surface area contributed by atoms with E-state index in [0.29, 0.717) is 33.9 Å². The fraction of sp³-hybridized carbons (Fsp3) is 0.207. The van der Waals surface area contributed by atoms with E-state index in [0.717, 1.165) is 21.6 Å². The number of carbonyl (C=O) groups excluding carboxylic acids is 2. The van der Waals surface area contributed by atoms with Crippen LogP contribution in [0.5, 0.6) is 11.5 Å². The minimum Gasteiger partial charge on any atom is -0.507 e. The van der Waals surface area contributed by atoms with Crippen molar-refractivity contribution in [2.75, 3.05) is 12.0 Å². The molecule has 2 atom stereocenters. The summed E-state index contributed by atoms with van der Waals surface area (Å²) in [6.07, 6.45) is 0.754. The Morgan fingerprint density at radius 2 is 1.89 bits per heavy atom. The van der Waals surface area contributed by atoms with Gasteiger partial charge >= 0.3 is 5.91 Å². The van der Waals surface area contributed by atoms with E-state index in [4.69, 9.17) is 9.47 Å². The van der Waals surface area contributed by atoms with Gasteiger partial charge in [-0.3, -0.25) is 14.5 Å². The van der Waals surface area contributed by atoms with Crippen LogP contribution in [0.2, 0.25) is 0 Å². The van der Waals surface area contributed by atoms with Gasteiger partial charge in [0.25, 0.3) is 5.78 Å². The number of hydrogen-bond donors (Lipinski definition) is 1. The smallest absolute Gasteiger partial charge is 0.301 e. The number of ether oxygens (including phenoxy) is 2. The number of benzene rings is 3. The van der Waals surface area contributed by atoms with Crippen molar-refractivity contribution >= 4 is 44.1 Å². The molecular formula is C29H24N2O5S. The van der Waals surface area contributed by atoms with E-state index >= 15 is 0 Å². The SMILES string of the molecule is COc1ccc2nc(N3C(=O)C(=O)/C(=C(\O)c4ccc5c(c4)CC(C)O5)C3c3ccc(C)cc3)sc2c1. The molecular weight excluding hydrogens is 488 g/mol. The summed E-state index contributed by atoms with van der Waals surface area (Å²) in [5.74, 6) is -0.239. The molecule has 0 saturated carbocycles. The Labute approximate surface area is 217 Å². The van der Waals surface area contributed by atoms with Crippen molar-refractivity contribution in [3.8, 4) is 11.5 Å². The molecule has 186 valence electrons. The molecule has 2 aliphatic rings. The molecule has 0 radical (unpaired) electrons. The number of hydrogen-bond acceptors (Lipinski definition) is 7. The number of aliphatic hydroxyl groups is 1. The highest BCUT2D eigenvalue weighted by molar-refractivity contribution is 7.22. The number of carbonyl (C=O) groups is 2. The highest BCUT2D eigenvalue weighted by Crippen LogP contribution is 2.45. The second-order valence-electron chi connectivity index (χ2n) is 9.36. The van der Waals surface area contributed by atoms with Gasteiger partial charge in [-0.2, -0.15) is 0 Å². The van der Waals surface area contributed by atoms with Crippen LogP contribution in [0.3, 0.4) is 0 Å². The van der Waals surface area contributed by atoms with Gasteiger partial charge in [-0.15, -0.1) is 0 Å². The van der Waals surface area contributed by atoms with Crippen LogP contribution in [0, 0.1) is 6.92 Å². The number of aryl methyl sites for hydroxylation is 1. The average Bonchev–Trinajstić information content (AvgIpc) is 3.55. The Kier molecular flexibility index (Phi) is 5.49. The molecule has 0 spiro atoms. The number of nitrogens with zero attached hydrogens (tertiary/aromatic N) is 2. The van der Waals surface area contributed by atoms with Crippen LogP contribution in [-0.2, 0) is 16.0 Å². The Morgan fingerprint density at radius 3 is 2.65 bits per heavy atom. The molecule has 1 saturated heterocycles. The van der Waals surface area contributed by atoms with Crippen molar-refractivity contribution in [2.24, 2.45) is 0 Å². The molecule has 2 unspecified atom stereocenters. The predicted molar refractivity (Wildman–Crippen MR) is 142 cm³/mol. The van der Waals surface area contributed by atoms with E-state index in [-0.39, 0.29) is 17.4 Å². The zero-order valence-electron chi connectivity index (χ0n) is 20.5. The molecule has 1 aromatic heterocycles.